The van der Waals surface area contributed by atoms with Crippen LogP contribution in [-0.2, 0) is 21.1 Å². The second-order valence-electron chi connectivity index (χ2n) is 7.63. The van der Waals surface area contributed by atoms with Crippen molar-refractivity contribution in [2.45, 2.75) is 24.3 Å². The van der Waals surface area contributed by atoms with Crippen LogP contribution in [0.3, 0.4) is 0 Å². The van der Waals surface area contributed by atoms with E-state index in [0.29, 0.717) is 6.54 Å². The number of nitrogens with zero attached hydrogens (tertiary/aromatic N) is 1. The van der Waals surface area contributed by atoms with E-state index >= 15 is 0 Å². The molecule has 0 saturated carbocycles. The normalized spacial score (nSPS) is 15.9. The average molecular weight is 499 g/mol. The summed E-state index contributed by atoms with van der Waals surface area (Å²) >= 11 is 3.45. The van der Waals surface area contributed by atoms with Crippen LogP contribution in [0.15, 0.2) is 82.2 Å². The molecule has 31 heavy (non-hydrogen) atoms. The lowest BCUT2D eigenvalue weighted by molar-refractivity contribution is -0.122. The van der Waals surface area contributed by atoms with Gasteiger partial charge < -0.3 is 10.2 Å². The Hall–Kier alpha value is -2.64. The molecule has 0 aromatic heterocycles. The highest BCUT2D eigenvalue weighted by atomic mass is 79.9. The smallest absolute Gasteiger partial charge is 0.248 e. The molecule has 0 aliphatic carbocycles. The lowest BCUT2D eigenvalue weighted by Crippen LogP contribution is -2.45. The van der Waals surface area contributed by atoms with Gasteiger partial charge >= 0.3 is 0 Å². The molecule has 3 aromatic rings. The van der Waals surface area contributed by atoms with Crippen LogP contribution in [0.1, 0.15) is 22.7 Å². The molecule has 4 rings (SSSR count). The van der Waals surface area contributed by atoms with Crippen molar-refractivity contribution in [3.8, 4) is 0 Å². The zero-order valence-corrected chi connectivity index (χ0v) is 19.5. The number of amides is 1. The second-order valence-corrected chi connectivity index (χ2v) is 10.5. The van der Waals surface area contributed by atoms with Crippen LogP contribution in [0.2, 0.25) is 0 Å². The maximum absolute atomic E-state index is 13.3. The van der Waals surface area contributed by atoms with Gasteiger partial charge in [-0.25, -0.2) is 8.42 Å². The fourth-order valence-corrected chi connectivity index (χ4v) is 5.17. The van der Waals surface area contributed by atoms with E-state index in [1.165, 1.54) is 0 Å². The SMILES string of the molecule is Cc1ccc(S(=O)(=O)CNC(=O)C2c3ccccc3CCN2c2ccc(Br)cc2)cc1. The number of benzene rings is 3. The third-order valence-electron chi connectivity index (χ3n) is 5.51. The minimum absolute atomic E-state index is 0.201. The number of rotatable bonds is 5. The first-order valence-corrected chi connectivity index (χ1v) is 12.5. The first-order valence-electron chi connectivity index (χ1n) is 10.0. The van der Waals surface area contributed by atoms with Gasteiger partial charge in [-0.3, -0.25) is 4.79 Å². The number of halogens is 1. The molecule has 0 spiro atoms. The number of carbonyl (C=O) groups is 1. The molecule has 0 fully saturated rings. The van der Waals surface area contributed by atoms with Crippen LogP contribution < -0.4 is 10.2 Å². The molecule has 1 atom stereocenters. The van der Waals surface area contributed by atoms with E-state index in [4.69, 9.17) is 0 Å². The minimum atomic E-state index is -3.63. The predicted octanol–water partition coefficient (Wildman–Crippen LogP) is 4.41. The Morgan fingerprint density at radius 2 is 1.71 bits per heavy atom. The van der Waals surface area contributed by atoms with Crippen molar-refractivity contribution in [3.63, 3.8) is 0 Å². The summed E-state index contributed by atoms with van der Waals surface area (Å²) in [7, 11) is -3.63. The Morgan fingerprint density at radius 3 is 2.42 bits per heavy atom. The quantitative estimate of drug-likeness (QED) is 0.565. The Morgan fingerprint density at radius 1 is 1.03 bits per heavy atom. The largest absolute Gasteiger partial charge is 0.356 e. The summed E-state index contributed by atoms with van der Waals surface area (Å²) in [6.07, 6.45) is 0.817. The summed E-state index contributed by atoms with van der Waals surface area (Å²) in [5.74, 6) is -0.771. The number of nitrogens with one attached hydrogen (secondary N) is 1. The number of fused-ring (bicyclic) bond motifs is 1. The molecule has 3 aromatic carbocycles. The van der Waals surface area contributed by atoms with E-state index in [2.05, 4.69) is 21.2 Å². The third kappa shape index (κ3) is 4.67. The van der Waals surface area contributed by atoms with E-state index in [1.54, 1.807) is 24.3 Å². The molecule has 1 heterocycles. The molecule has 1 amide bonds. The van der Waals surface area contributed by atoms with Crippen LogP contribution in [0.4, 0.5) is 5.69 Å². The Balaban J connectivity index is 1.61. The van der Waals surface area contributed by atoms with E-state index in [9.17, 15) is 13.2 Å². The van der Waals surface area contributed by atoms with Crippen LogP contribution in [0.25, 0.3) is 0 Å². The first kappa shape index (κ1) is 21.6. The molecule has 1 aliphatic rings. The maximum Gasteiger partial charge on any atom is 0.248 e. The van der Waals surface area contributed by atoms with Crippen LogP contribution in [0, 0.1) is 6.92 Å². The van der Waals surface area contributed by atoms with Crippen molar-refractivity contribution in [2.75, 3.05) is 17.3 Å². The van der Waals surface area contributed by atoms with Gasteiger partial charge in [0.25, 0.3) is 0 Å². The number of hydrogen-bond acceptors (Lipinski definition) is 4. The summed E-state index contributed by atoms with van der Waals surface area (Å²) in [4.78, 5) is 15.5. The topological polar surface area (TPSA) is 66.5 Å². The number of anilines is 1. The van der Waals surface area contributed by atoms with Gasteiger partial charge in [-0.1, -0.05) is 57.9 Å². The minimum Gasteiger partial charge on any atom is -0.356 e. The Kier molecular flexibility index (Phi) is 6.16. The number of sulfone groups is 1. The predicted molar refractivity (Wildman–Crippen MR) is 126 cm³/mol. The van der Waals surface area contributed by atoms with Crippen molar-refractivity contribution in [2.24, 2.45) is 0 Å². The van der Waals surface area contributed by atoms with Gasteiger partial charge in [0.2, 0.25) is 5.91 Å². The molecule has 0 radical (unpaired) electrons. The van der Waals surface area contributed by atoms with E-state index in [1.807, 2.05) is 60.4 Å². The van der Waals surface area contributed by atoms with Crippen molar-refractivity contribution < 1.29 is 13.2 Å². The fraction of sp³-hybridized carbons (Fsp3) is 0.208. The molecule has 1 unspecified atom stereocenters. The fourth-order valence-electron chi connectivity index (χ4n) is 3.85. The number of aryl methyl sites for hydroxylation is 1. The van der Waals surface area contributed by atoms with Gasteiger partial charge in [0.1, 0.15) is 11.9 Å². The van der Waals surface area contributed by atoms with Gasteiger partial charge in [0.15, 0.2) is 9.84 Å². The van der Waals surface area contributed by atoms with Crippen molar-refractivity contribution in [3.05, 3.63) is 94.0 Å². The number of carbonyl (C=O) groups excluding carboxylic acids is 1. The molecular weight excluding hydrogens is 476 g/mol. The van der Waals surface area contributed by atoms with E-state index in [0.717, 1.165) is 33.3 Å². The highest BCUT2D eigenvalue weighted by Gasteiger charge is 2.33. The average Bonchev–Trinajstić information content (AvgIpc) is 2.77. The van der Waals surface area contributed by atoms with Crippen LogP contribution in [0.5, 0.6) is 0 Å². The first-order chi connectivity index (χ1) is 14.8. The van der Waals surface area contributed by atoms with Crippen molar-refractivity contribution in [1.29, 1.82) is 0 Å². The van der Waals surface area contributed by atoms with Crippen LogP contribution in [-0.4, -0.2) is 26.7 Å². The molecule has 7 heteroatoms. The molecule has 5 nitrogen and oxygen atoms in total. The Labute approximate surface area is 191 Å². The van der Waals surface area contributed by atoms with Crippen molar-refractivity contribution >= 4 is 37.4 Å². The summed E-state index contributed by atoms with van der Waals surface area (Å²) in [5, 5.41) is 2.68. The standard InChI is InChI=1S/C24H23BrN2O3S/c1-17-6-12-21(13-7-17)31(29,30)16-26-24(28)23-22-5-3-2-4-18(22)14-15-27(23)20-10-8-19(25)9-11-20/h2-13,23H,14-16H2,1H3,(H,26,28). The summed E-state index contributed by atoms with van der Waals surface area (Å²) in [6, 6.07) is 21.7. The van der Waals surface area contributed by atoms with Gasteiger partial charge in [-0.05, 0) is 60.9 Å². The highest BCUT2D eigenvalue weighted by Crippen LogP contribution is 2.34. The summed E-state index contributed by atoms with van der Waals surface area (Å²) in [5.41, 5.74) is 3.91. The Bertz CT molecular complexity index is 1190. The highest BCUT2D eigenvalue weighted by molar-refractivity contribution is 9.10. The maximum atomic E-state index is 13.3. The van der Waals surface area contributed by atoms with Gasteiger partial charge in [-0.15, -0.1) is 0 Å². The van der Waals surface area contributed by atoms with Gasteiger partial charge in [-0.2, -0.15) is 0 Å². The monoisotopic (exact) mass is 498 g/mol. The molecule has 0 saturated heterocycles. The molecular formula is C24H23BrN2O3S. The lowest BCUT2D eigenvalue weighted by atomic mass is 9.91. The van der Waals surface area contributed by atoms with E-state index in [-0.39, 0.29) is 10.8 Å². The second kappa shape index (κ2) is 8.85. The zero-order valence-electron chi connectivity index (χ0n) is 17.1. The zero-order chi connectivity index (χ0) is 22.0. The molecule has 160 valence electrons. The van der Waals surface area contributed by atoms with E-state index < -0.39 is 21.8 Å². The summed E-state index contributed by atoms with van der Waals surface area (Å²) in [6.45, 7) is 2.57. The molecule has 1 N–H and O–H groups in total. The lowest BCUT2D eigenvalue weighted by Gasteiger charge is -2.38. The van der Waals surface area contributed by atoms with Gasteiger partial charge in [0, 0.05) is 16.7 Å². The van der Waals surface area contributed by atoms with Crippen LogP contribution >= 0.6 is 15.9 Å². The van der Waals surface area contributed by atoms with Crippen molar-refractivity contribution in [1.82, 2.24) is 5.32 Å². The summed E-state index contributed by atoms with van der Waals surface area (Å²) < 4.78 is 26.4. The molecule has 0 bridgehead atoms. The molecule has 1 aliphatic heterocycles. The third-order valence-corrected chi connectivity index (χ3v) is 7.55. The van der Waals surface area contributed by atoms with Gasteiger partial charge in [0.05, 0.1) is 4.90 Å². The number of hydrogen-bond donors (Lipinski definition) is 1.